The number of amides is 2. The third-order valence-corrected chi connectivity index (χ3v) is 2.20. The third-order valence-electron chi connectivity index (χ3n) is 2.20. The predicted octanol–water partition coefficient (Wildman–Crippen LogP) is 0.401. The number of nitrogens with zero attached hydrogens (tertiary/aromatic N) is 1. The number of hydrogen-bond acceptors (Lipinski definition) is 2. The van der Waals surface area contributed by atoms with E-state index in [0.717, 1.165) is 45.6 Å². The Hall–Kier alpha value is -0.770. The number of nitrogens with one attached hydrogen (secondary N) is 2. The van der Waals surface area contributed by atoms with Crippen molar-refractivity contribution in [1.29, 1.82) is 0 Å². The second-order valence-corrected chi connectivity index (χ2v) is 3.28. The molecule has 0 saturated carbocycles. The van der Waals surface area contributed by atoms with Crippen molar-refractivity contribution in [2.24, 2.45) is 0 Å². The van der Waals surface area contributed by atoms with Crippen molar-refractivity contribution in [3.63, 3.8) is 0 Å². The van der Waals surface area contributed by atoms with Gasteiger partial charge in [0.05, 0.1) is 0 Å². The van der Waals surface area contributed by atoms with Crippen LogP contribution in [0, 0.1) is 0 Å². The zero-order valence-corrected chi connectivity index (χ0v) is 8.31. The molecule has 2 amide bonds. The number of hydrogen-bond donors (Lipinski definition) is 2. The highest BCUT2D eigenvalue weighted by Crippen LogP contribution is 1.99. The summed E-state index contributed by atoms with van der Waals surface area (Å²) in [4.78, 5) is 13.1. The molecule has 0 spiro atoms. The van der Waals surface area contributed by atoms with E-state index in [0.29, 0.717) is 0 Å². The van der Waals surface area contributed by atoms with Crippen LogP contribution in [0.15, 0.2) is 0 Å². The lowest BCUT2D eigenvalue weighted by Gasteiger charge is -2.27. The molecule has 4 nitrogen and oxygen atoms in total. The molecule has 0 aliphatic carbocycles. The molecule has 1 aliphatic heterocycles. The van der Waals surface area contributed by atoms with E-state index in [1.807, 2.05) is 4.90 Å². The van der Waals surface area contributed by atoms with E-state index in [4.69, 9.17) is 0 Å². The van der Waals surface area contributed by atoms with Crippen LogP contribution in [0.3, 0.4) is 0 Å². The minimum Gasteiger partial charge on any atom is -0.338 e. The Labute approximate surface area is 79.7 Å². The van der Waals surface area contributed by atoms with Crippen molar-refractivity contribution in [1.82, 2.24) is 15.5 Å². The van der Waals surface area contributed by atoms with E-state index in [1.165, 1.54) is 0 Å². The van der Waals surface area contributed by atoms with Crippen molar-refractivity contribution < 1.29 is 4.79 Å². The lowest BCUT2D eigenvalue weighted by Crippen LogP contribution is -2.47. The zero-order valence-electron chi connectivity index (χ0n) is 8.31. The summed E-state index contributed by atoms with van der Waals surface area (Å²) in [5.41, 5.74) is 0. The first-order valence-electron chi connectivity index (χ1n) is 5.08. The van der Waals surface area contributed by atoms with Crippen LogP contribution in [0.25, 0.3) is 0 Å². The minimum atomic E-state index is 0.0998. The van der Waals surface area contributed by atoms with E-state index in [-0.39, 0.29) is 6.03 Å². The molecule has 0 bridgehead atoms. The summed E-state index contributed by atoms with van der Waals surface area (Å²) in [6.45, 7) is 6.72. The Morgan fingerprint density at radius 3 is 3.15 bits per heavy atom. The maximum atomic E-state index is 11.3. The van der Waals surface area contributed by atoms with Crippen molar-refractivity contribution in [3.05, 3.63) is 0 Å². The molecule has 1 rings (SSSR count). The fourth-order valence-electron chi connectivity index (χ4n) is 1.46. The van der Waals surface area contributed by atoms with Gasteiger partial charge in [0.1, 0.15) is 0 Å². The summed E-state index contributed by atoms with van der Waals surface area (Å²) < 4.78 is 0. The van der Waals surface area contributed by atoms with Crippen LogP contribution >= 0.6 is 0 Å². The van der Waals surface area contributed by atoms with Crippen LogP contribution in [-0.2, 0) is 0 Å². The molecule has 0 aromatic rings. The quantitative estimate of drug-likeness (QED) is 0.609. The topological polar surface area (TPSA) is 44.4 Å². The monoisotopic (exact) mass is 185 g/mol. The Kier molecular flexibility index (Phi) is 4.60. The highest BCUT2D eigenvalue weighted by molar-refractivity contribution is 5.74. The molecule has 76 valence electrons. The SMILES string of the molecule is CCNCCCN1CCCNC1=O. The third kappa shape index (κ3) is 3.63. The average Bonchev–Trinajstić information content (AvgIpc) is 2.15. The van der Waals surface area contributed by atoms with E-state index in [1.54, 1.807) is 0 Å². The van der Waals surface area contributed by atoms with Crippen LogP contribution in [-0.4, -0.2) is 43.7 Å². The number of carbonyl (C=O) groups excluding carboxylic acids is 1. The van der Waals surface area contributed by atoms with Crippen LogP contribution in [0.5, 0.6) is 0 Å². The highest BCUT2D eigenvalue weighted by atomic mass is 16.2. The average molecular weight is 185 g/mol. The second kappa shape index (κ2) is 5.80. The van der Waals surface area contributed by atoms with Gasteiger partial charge in [-0.05, 0) is 25.9 Å². The molecular weight excluding hydrogens is 166 g/mol. The fraction of sp³-hybridized carbons (Fsp3) is 0.889. The summed E-state index contributed by atoms with van der Waals surface area (Å²) in [5.74, 6) is 0. The van der Waals surface area contributed by atoms with Crippen molar-refractivity contribution >= 4 is 6.03 Å². The van der Waals surface area contributed by atoms with Gasteiger partial charge in [0.2, 0.25) is 0 Å². The van der Waals surface area contributed by atoms with E-state index < -0.39 is 0 Å². The van der Waals surface area contributed by atoms with Crippen LogP contribution in [0.1, 0.15) is 19.8 Å². The van der Waals surface area contributed by atoms with E-state index in [9.17, 15) is 4.79 Å². The largest absolute Gasteiger partial charge is 0.338 e. The molecule has 4 heteroatoms. The van der Waals surface area contributed by atoms with Gasteiger partial charge >= 0.3 is 6.03 Å². The van der Waals surface area contributed by atoms with Gasteiger partial charge in [-0.25, -0.2) is 4.79 Å². The first-order chi connectivity index (χ1) is 6.34. The van der Waals surface area contributed by atoms with Gasteiger partial charge < -0.3 is 15.5 Å². The molecule has 0 unspecified atom stereocenters. The molecule has 1 fully saturated rings. The highest BCUT2D eigenvalue weighted by Gasteiger charge is 2.15. The van der Waals surface area contributed by atoms with Gasteiger partial charge in [-0.15, -0.1) is 0 Å². The molecule has 0 atom stereocenters. The first-order valence-corrected chi connectivity index (χ1v) is 5.08. The first kappa shape index (κ1) is 10.3. The molecular formula is C9H19N3O. The predicted molar refractivity (Wildman–Crippen MR) is 52.7 cm³/mol. The standard InChI is InChI=1S/C9H19N3O/c1-2-10-5-3-7-12-8-4-6-11-9(12)13/h10H,2-8H2,1H3,(H,11,13). The fourth-order valence-corrected chi connectivity index (χ4v) is 1.46. The Morgan fingerprint density at radius 2 is 2.46 bits per heavy atom. The molecule has 0 radical (unpaired) electrons. The summed E-state index contributed by atoms with van der Waals surface area (Å²) in [5, 5.41) is 6.08. The lowest BCUT2D eigenvalue weighted by atomic mass is 10.3. The molecule has 2 N–H and O–H groups in total. The Morgan fingerprint density at radius 1 is 1.62 bits per heavy atom. The van der Waals surface area contributed by atoms with Gasteiger partial charge in [-0.1, -0.05) is 6.92 Å². The summed E-state index contributed by atoms with van der Waals surface area (Å²) in [6, 6.07) is 0.0998. The van der Waals surface area contributed by atoms with Gasteiger partial charge in [0.15, 0.2) is 0 Å². The van der Waals surface area contributed by atoms with E-state index in [2.05, 4.69) is 17.6 Å². The Balaban J connectivity index is 2.08. The maximum Gasteiger partial charge on any atom is 0.317 e. The molecule has 13 heavy (non-hydrogen) atoms. The van der Waals surface area contributed by atoms with Crippen molar-refractivity contribution in [2.45, 2.75) is 19.8 Å². The normalized spacial score (nSPS) is 17.3. The van der Waals surface area contributed by atoms with Crippen LogP contribution in [0.4, 0.5) is 4.79 Å². The summed E-state index contributed by atoms with van der Waals surface area (Å²) in [7, 11) is 0. The zero-order chi connectivity index (χ0) is 9.52. The van der Waals surface area contributed by atoms with Crippen LogP contribution < -0.4 is 10.6 Å². The van der Waals surface area contributed by atoms with Gasteiger partial charge in [0, 0.05) is 19.6 Å². The van der Waals surface area contributed by atoms with Crippen LogP contribution in [0.2, 0.25) is 0 Å². The summed E-state index contributed by atoms with van der Waals surface area (Å²) in [6.07, 6.45) is 2.12. The molecule has 1 saturated heterocycles. The van der Waals surface area contributed by atoms with Crippen molar-refractivity contribution in [3.8, 4) is 0 Å². The smallest absolute Gasteiger partial charge is 0.317 e. The van der Waals surface area contributed by atoms with Gasteiger partial charge in [-0.3, -0.25) is 0 Å². The number of rotatable bonds is 5. The maximum absolute atomic E-state index is 11.3. The molecule has 1 heterocycles. The summed E-state index contributed by atoms with van der Waals surface area (Å²) >= 11 is 0. The molecule has 0 aromatic heterocycles. The molecule has 0 aromatic carbocycles. The van der Waals surface area contributed by atoms with E-state index >= 15 is 0 Å². The molecule has 1 aliphatic rings. The minimum absolute atomic E-state index is 0.0998. The second-order valence-electron chi connectivity index (χ2n) is 3.28. The van der Waals surface area contributed by atoms with Gasteiger partial charge in [-0.2, -0.15) is 0 Å². The van der Waals surface area contributed by atoms with Crippen molar-refractivity contribution in [2.75, 3.05) is 32.7 Å². The number of urea groups is 1. The number of carbonyl (C=O) groups is 1. The lowest BCUT2D eigenvalue weighted by molar-refractivity contribution is 0.185. The van der Waals surface area contributed by atoms with Gasteiger partial charge in [0.25, 0.3) is 0 Å². The Bertz CT molecular complexity index is 161.